The lowest BCUT2D eigenvalue weighted by atomic mass is 9.87. The van der Waals surface area contributed by atoms with Crippen molar-refractivity contribution in [2.24, 2.45) is 4.99 Å². The number of nitrogens with zero attached hydrogens (tertiary/aromatic N) is 2. The average molecular weight is 338 g/mol. The molecular formula is C20H22N2O3. The summed E-state index contributed by atoms with van der Waals surface area (Å²) in [6.07, 6.45) is 2.66. The van der Waals surface area contributed by atoms with Crippen LogP contribution < -0.4 is 9.47 Å². The third kappa shape index (κ3) is 3.06. The quantitative estimate of drug-likeness (QED) is 0.850. The van der Waals surface area contributed by atoms with Gasteiger partial charge in [0.25, 0.3) is 0 Å². The summed E-state index contributed by atoms with van der Waals surface area (Å²) < 4.78 is 17.0. The first kappa shape index (κ1) is 15.9. The third-order valence-corrected chi connectivity index (χ3v) is 4.95. The van der Waals surface area contributed by atoms with Crippen LogP contribution in [0.1, 0.15) is 43.0 Å². The summed E-state index contributed by atoms with van der Waals surface area (Å²) >= 11 is 0. The second kappa shape index (κ2) is 6.39. The Balaban J connectivity index is 1.71. The zero-order chi connectivity index (χ0) is 17.4. The number of rotatable bonds is 4. The Hall–Kier alpha value is -2.56. The number of hydrogen-bond acceptors (Lipinski definition) is 5. The molecule has 0 amide bonds. The van der Waals surface area contributed by atoms with E-state index in [0.29, 0.717) is 6.42 Å². The lowest BCUT2D eigenvalue weighted by molar-refractivity contribution is 0.174. The Kier molecular flexibility index (Phi) is 4.07. The zero-order valence-corrected chi connectivity index (χ0v) is 14.7. The maximum atomic E-state index is 5.95. The molecule has 1 aromatic heterocycles. The fourth-order valence-electron chi connectivity index (χ4n) is 3.35. The maximum Gasteiger partial charge on any atom is 0.231 e. The van der Waals surface area contributed by atoms with Gasteiger partial charge in [-0.1, -0.05) is 12.1 Å². The summed E-state index contributed by atoms with van der Waals surface area (Å²) in [4.78, 5) is 9.15. The lowest BCUT2D eigenvalue weighted by Crippen LogP contribution is -2.16. The Morgan fingerprint density at radius 2 is 2.00 bits per heavy atom. The van der Waals surface area contributed by atoms with Gasteiger partial charge in [0, 0.05) is 24.2 Å². The first-order valence-corrected chi connectivity index (χ1v) is 8.66. The van der Waals surface area contributed by atoms with Crippen molar-refractivity contribution in [3.8, 4) is 11.5 Å². The molecule has 0 spiro atoms. The van der Waals surface area contributed by atoms with Gasteiger partial charge in [0.05, 0.1) is 6.04 Å². The summed E-state index contributed by atoms with van der Waals surface area (Å²) in [5.74, 6) is 2.51. The number of benzene rings is 1. The number of aryl methyl sites for hydroxylation is 1. The highest BCUT2D eigenvalue weighted by molar-refractivity contribution is 5.79. The molecule has 5 nitrogen and oxygen atoms in total. The van der Waals surface area contributed by atoms with E-state index in [1.807, 2.05) is 25.3 Å². The SMILES string of the molecule is Cc1ncccc1C(CC1=NC(C)C(C)O1)c1ccc2c(c1)OCO2. The molecule has 5 heteroatoms. The molecule has 3 unspecified atom stereocenters. The number of aliphatic imine (C=N–C) groups is 1. The van der Waals surface area contributed by atoms with Crippen LogP contribution in [0.25, 0.3) is 0 Å². The minimum atomic E-state index is 0.111. The van der Waals surface area contributed by atoms with E-state index in [9.17, 15) is 0 Å². The fraction of sp³-hybridized carbons (Fsp3) is 0.400. The van der Waals surface area contributed by atoms with Crippen molar-refractivity contribution in [2.45, 2.75) is 45.3 Å². The number of fused-ring (bicyclic) bond motifs is 1. The molecule has 1 aromatic carbocycles. The highest BCUT2D eigenvalue weighted by Crippen LogP contribution is 2.38. The maximum absolute atomic E-state index is 5.95. The average Bonchev–Trinajstić information content (AvgIpc) is 3.19. The van der Waals surface area contributed by atoms with Gasteiger partial charge >= 0.3 is 0 Å². The van der Waals surface area contributed by atoms with Crippen LogP contribution in [0.2, 0.25) is 0 Å². The van der Waals surface area contributed by atoms with Gasteiger partial charge in [-0.3, -0.25) is 4.98 Å². The lowest BCUT2D eigenvalue weighted by Gasteiger charge is -2.20. The minimum absolute atomic E-state index is 0.111. The van der Waals surface area contributed by atoms with Gasteiger partial charge in [0.15, 0.2) is 17.4 Å². The van der Waals surface area contributed by atoms with Crippen molar-refractivity contribution in [2.75, 3.05) is 6.79 Å². The van der Waals surface area contributed by atoms with Crippen molar-refractivity contribution in [1.29, 1.82) is 0 Å². The molecular weight excluding hydrogens is 316 g/mol. The smallest absolute Gasteiger partial charge is 0.231 e. The first-order valence-electron chi connectivity index (χ1n) is 8.66. The van der Waals surface area contributed by atoms with Gasteiger partial charge in [-0.25, -0.2) is 4.99 Å². The van der Waals surface area contributed by atoms with Gasteiger partial charge in [0.1, 0.15) is 6.10 Å². The zero-order valence-electron chi connectivity index (χ0n) is 14.7. The van der Waals surface area contributed by atoms with E-state index in [-0.39, 0.29) is 24.9 Å². The molecule has 0 saturated heterocycles. The van der Waals surface area contributed by atoms with Gasteiger partial charge in [-0.05, 0) is 50.1 Å². The van der Waals surface area contributed by atoms with Gasteiger partial charge < -0.3 is 14.2 Å². The summed E-state index contributed by atoms with van der Waals surface area (Å²) in [5, 5.41) is 0. The monoisotopic (exact) mass is 338 g/mol. The van der Waals surface area contributed by atoms with E-state index in [2.05, 4.69) is 42.0 Å². The standard InChI is InChI=1S/C20H22N2O3/c1-12-14(3)25-20(22-12)10-17(16-5-4-8-21-13(16)2)15-6-7-18-19(9-15)24-11-23-18/h4-9,12,14,17H,10-11H2,1-3H3. The van der Waals surface area contributed by atoms with Crippen LogP contribution in [0.5, 0.6) is 11.5 Å². The van der Waals surface area contributed by atoms with Gasteiger partial charge in [-0.15, -0.1) is 0 Å². The predicted octanol–water partition coefficient (Wildman–Crippen LogP) is 3.85. The van der Waals surface area contributed by atoms with Crippen molar-refractivity contribution < 1.29 is 14.2 Å². The molecule has 0 radical (unpaired) electrons. The Morgan fingerprint density at radius 3 is 2.76 bits per heavy atom. The molecule has 2 aliphatic rings. The molecule has 0 aliphatic carbocycles. The number of hydrogen-bond donors (Lipinski definition) is 0. The molecule has 2 aliphatic heterocycles. The van der Waals surface area contributed by atoms with Crippen LogP contribution in [0.4, 0.5) is 0 Å². The van der Waals surface area contributed by atoms with Crippen LogP contribution in [0.3, 0.4) is 0 Å². The first-order chi connectivity index (χ1) is 12.1. The van der Waals surface area contributed by atoms with E-state index in [0.717, 1.165) is 28.7 Å². The van der Waals surface area contributed by atoms with Crippen LogP contribution in [-0.4, -0.2) is 29.8 Å². The van der Waals surface area contributed by atoms with Crippen LogP contribution in [0, 0.1) is 6.92 Å². The predicted molar refractivity (Wildman–Crippen MR) is 95.4 cm³/mol. The topological polar surface area (TPSA) is 52.9 Å². The van der Waals surface area contributed by atoms with Crippen molar-refractivity contribution >= 4 is 5.90 Å². The molecule has 2 aromatic rings. The molecule has 0 fully saturated rings. The summed E-state index contributed by atoms with van der Waals surface area (Å²) in [5.41, 5.74) is 3.35. The Labute approximate surface area is 147 Å². The Bertz CT molecular complexity index is 818. The van der Waals surface area contributed by atoms with Crippen molar-refractivity contribution in [3.63, 3.8) is 0 Å². The highest BCUT2D eigenvalue weighted by Gasteiger charge is 2.28. The van der Waals surface area contributed by atoms with E-state index in [4.69, 9.17) is 14.2 Å². The number of aromatic nitrogens is 1. The van der Waals surface area contributed by atoms with E-state index >= 15 is 0 Å². The van der Waals surface area contributed by atoms with Crippen LogP contribution in [0.15, 0.2) is 41.5 Å². The van der Waals surface area contributed by atoms with Gasteiger partial charge in [0.2, 0.25) is 6.79 Å². The second-order valence-electron chi connectivity index (χ2n) is 6.63. The molecule has 25 heavy (non-hydrogen) atoms. The van der Waals surface area contributed by atoms with Gasteiger partial charge in [-0.2, -0.15) is 0 Å². The molecule has 0 saturated carbocycles. The summed E-state index contributed by atoms with van der Waals surface area (Å²) in [7, 11) is 0. The normalized spacial score (nSPS) is 22.4. The van der Waals surface area contributed by atoms with Crippen molar-refractivity contribution in [3.05, 3.63) is 53.3 Å². The second-order valence-corrected chi connectivity index (χ2v) is 6.63. The molecule has 0 N–H and O–H groups in total. The van der Waals surface area contributed by atoms with Crippen LogP contribution >= 0.6 is 0 Å². The third-order valence-electron chi connectivity index (χ3n) is 4.95. The molecule has 4 rings (SSSR count). The molecule has 3 atom stereocenters. The van der Waals surface area contributed by atoms with E-state index in [1.165, 1.54) is 5.56 Å². The van der Waals surface area contributed by atoms with E-state index < -0.39 is 0 Å². The Morgan fingerprint density at radius 1 is 1.16 bits per heavy atom. The number of ether oxygens (including phenoxy) is 3. The molecule has 130 valence electrons. The fourth-order valence-corrected chi connectivity index (χ4v) is 3.35. The summed E-state index contributed by atoms with van der Waals surface area (Å²) in [6, 6.07) is 10.4. The van der Waals surface area contributed by atoms with Crippen molar-refractivity contribution in [1.82, 2.24) is 4.98 Å². The van der Waals surface area contributed by atoms with E-state index in [1.54, 1.807) is 0 Å². The molecule has 0 bridgehead atoms. The van der Waals surface area contributed by atoms with Crippen LogP contribution in [-0.2, 0) is 4.74 Å². The highest BCUT2D eigenvalue weighted by atomic mass is 16.7. The largest absolute Gasteiger partial charge is 0.476 e. The molecule has 3 heterocycles. The minimum Gasteiger partial charge on any atom is -0.476 e. The number of pyridine rings is 1. The summed E-state index contributed by atoms with van der Waals surface area (Å²) in [6.45, 7) is 6.47.